The minimum Gasteiger partial charge on any atom is -0.463 e. The van der Waals surface area contributed by atoms with Crippen LogP contribution in [0.1, 0.15) is 55.9 Å². The van der Waals surface area contributed by atoms with Gasteiger partial charge in [-0.05, 0) is 56.2 Å². The van der Waals surface area contributed by atoms with Gasteiger partial charge in [-0.25, -0.2) is 0 Å². The van der Waals surface area contributed by atoms with E-state index in [0.29, 0.717) is 27.9 Å². The van der Waals surface area contributed by atoms with Crippen molar-refractivity contribution in [3.63, 3.8) is 0 Å². The molecule has 0 bridgehead atoms. The van der Waals surface area contributed by atoms with E-state index in [1.54, 1.807) is 58.3 Å². The molecule has 1 aromatic carbocycles. The first-order chi connectivity index (χ1) is 16.0. The fourth-order valence-corrected chi connectivity index (χ4v) is 5.01. The zero-order valence-corrected chi connectivity index (χ0v) is 19.3. The molecule has 0 radical (unpaired) electrons. The maximum atomic E-state index is 13.8. The number of nitrogens with one attached hydrogen (secondary N) is 1. The summed E-state index contributed by atoms with van der Waals surface area (Å²) in [6.45, 7) is 2.04. The van der Waals surface area contributed by atoms with Gasteiger partial charge in [-0.15, -0.1) is 0 Å². The zero-order chi connectivity index (χ0) is 23.0. The Labute approximate surface area is 197 Å². The molecule has 1 fully saturated rings. The lowest BCUT2D eigenvalue weighted by Crippen LogP contribution is -2.65. The van der Waals surface area contributed by atoms with Crippen molar-refractivity contribution in [1.29, 1.82) is 0 Å². The third-order valence-electron chi connectivity index (χ3n) is 6.69. The van der Waals surface area contributed by atoms with Crippen LogP contribution in [0.5, 0.6) is 0 Å². The smallest absolute Gasteiger partial charge is 0.277 e. The molecule has 0 unspecified atom stereocenters. The number of hydrogen-bond donors (Lipinski definition) is 1. The topological polar surface area (TPSA) is 80.4 Å². The Hall–Kier alpha value is -3.06. The lowest BCUT2D eigenvalue weighted by Gasteiger charge is -2.43. The van der Waals surface area contributed by atoms with Gasteiger partial charge < -0.3 is 9.73 Å². The van der Waals surface area contributed by atoms with E-state index in [0.717, 1.165) is 25.7 Å². The van der Waals surface area contributed by atoms with Crippen molar-refractivity contribution in [3.8, 4) is 11.5 Å². The highest BCUT2D eigenvalue weighted by molar-refractivity contribution is 6.30. The molecule has 3 heterocycles. The second-order valence-corrected chi connectivity index (χ2v) is 9.54. The molecule has 3 aromatic rings. The van der Waals surface area contributed by atoms with Gasteiger partial charge in [-0.3, -0.25) is 19.2 Å². The summed E-state index contributed by atoms with van der Waals surface area (Å²) in [5.74, 6) is 0.123. The number of amides is 2. The van der Waals surface area contributed by atoms with Gasteiger partial charge in [0.05, 0.1) is 12.8 Å². The lowest BCUT2D eigenvalue weighted by atomic mass is 9.93. The minimum absolute atomic E-state index is 0.122. The first-order valence-electron chi connectivity index (χ1n) is 11.5. The van der Waals surface area contributed by atoms with Gasteiger partial charge in [0.1, 0.15) is 16.9 Å². The summed E-state index contributed by atoms with van der Waals surface area (Å²) in [6.07, 6.45) is 8.11. The van der Waals surface area contributed by atoms with Crippen LogP contribution in [0.3, 0.4) is 0 Å². The fourth-order valence-electron chi connectivity index (χ4n) is 4.89. The minimum atomic E-state index is -1.16. The van der Waals surface area contributed by atoms with Crippen molar-refractivity contribution in [2.24, 2.45) is 0 Å². The van der Waals surface area contributed by atoms with Crippen molar-refractivity contribution < 1.29 is 14.0 Å². The lowest BCUT2D eigenvalue weighted by molar-refractivity contribution is -0.127. The number of nitrogens with zero attached hydrogens (tertiary/aromatic N) is 3. The standard InChI is InChI=1S/C25H27ClN4O3/c1-25(24(32)27-18-7-4-2-3-5-8-18)16-29-21(15-20(28-29)22-9-6-14-33-22)23(31)30(25)19-12-10-17(26)11-13-19/h6,9-15,18H,2-5,7-8,16H2,1H3,(H,27,32)/t25-/m0/s1. The Morgan fingerprint density at radius 1 is 1.15 bits per heavy atom. The Morgan fingerprint density at radius 2 is 1.88 bits per heavy atom. The van der Waals surface area contributed by atoms with Crippen LogP contribution >= 0.6 is 11.6 Å². The SMILES string of the molecule is C[C@@]1(C(=O)NC2CCCCCC2)Cn2nc(-c3ccco3)cc2C(=O)N1c1ccc(Cl)cc1. The van der Waals surface area contributed by atoms with E-state index in [4.69, 9.17) is 16.0 Å². The number of carbonyl (C=O) groups is 2. The number of fused-ring (bicyclic) bond motifs is 1. The van der Waals surface area contributed by atoms with Gasteiger partial charge in [-0.1, -0.05) is 37.3 Å². The maximum absolute atomic E-state index is 13.8. The molecule has 1 aliphatic carbocycles. The maximum Gasteiger partial charge on any atom is 0.277 e. The van der Waals surface area contributed by atoms with Gasteiger partial charge >= 0.3 is 0 Å². The summed E-state index contributed by atoms with van der Waals surface area (Å²) < 4.78 is 7.10. The predicted molar refractivity (Wildman–Crippen MR) is 126 cm³/mol. The third kappa shape index (κ3) is 4.06. The molecule has 172 valence electrons. The van der Waals surface area contributed by atoms with E-state index in [1.807, 2.05) is 6.92 Å². The van der Waals surface area contributed by atoms with E-state index in [-0.39, 0.29) is 24.4 Å². The van der Waals surface area contributed by atoms with Crippen LogP contribution in [0.4, 0.5) is 5.69 Å². The van der Waals surface area contributed by atoms with Gasteiger partial charge in [0.25, 0.3) is 5.91 Å². The number of anilines is 1. The fraction of sp³-hybridized carbons (Fsp3) is 0.400. The molecule has 2 aliphatic rings. The molecule has 1 saturated carbocycles. The molecule has 33 heavy (non-hydrogen) atoms. The van der Waals surface area contributed by atoms with Crippen molar-refractivity contribution in [3.05, 3.63) is 59.4 Å². The first-order valence-corrected chi connectivity index (χ1v) is 11.9. The van der Waals surface area contributed by atoms with Gasteiger partial charge in [0.2, 0.25) is 5.91 Å². The molecular weight excluding hydrogens is 440 g/mol. The van der Waals surface area contributed by atoms with Crippen LogP contribution in [0.15, 0.2) is 53.1 Å². The number of carbonyl (C=O) groups excluding carboxylic acids is 2. The summed E-state index contributed by atoms with van der Waals surface area (Å²) in [7, 11) is 0. The highest BCUT2D eigenvalue weighted by atomic mass is 35.5. The zero-order valence-electron chi connectivity index (χ0n) is 18.6. The molecular formula is C25H27ClN4O3. The number of aromatic nitrogens is 2. The number of benzene rings is 1. The van der Waals surface area contributed by atoms with Crippen LogP contribution in [0.25, 0.3) is 11.5 Å². The van der Waals surface area contributed by atoms with E-state index >= 15 is 0 Å². The normalized spacial score (nSPS) is 21.5. The number of hydrogen-bond acceptors (Lipinski definition) is 4. The molecule has 5 rings (SSSR count). The largest absolute Gasteiger partial charge is 0.463 e. The molecule has 1 N–H and O–H groups in total. The van der Waals surface area contributed by atoms with E-state index < -0.39 is 5.54 Å². The highest BCUT2D eigenvalue weighted by Crippen LogP contribution is 2.35. The Kier molecular flexibility index (Phi) is 5.74. The molecule has 7 nitrogen and oxygen atoms in total. The van der Waals surface area contributed by atoms with Crippen molar-refractivity contribution in [2.45, 2.75) is 63.6 Å². The summed E-state index contributed by atoms with van der Waals surface area (Å²) in [6, 6.07) is 12.4. The van der Waals surface area contributed by atoms with Gasteiger partial charge in [0, 0.05) is 22.8 Å². The summed E-state index contributed by atoms with van der Waals surface area (Å²) in [4.78, 5) is 29.1. The molecule has 0 saturated heterocycles. The molecule has 8 heteroatoms. The number of furan rings is 1. The van der Waals surface area contributed by atoms with E-state index in [1.165, 1.54) is 12.8 Å². The van der Waals surface area contributed by atoms with Crippen LogP contribution in [0.2, 0.25) is 5.02 Å². The van der Waals surface area contributed by atoms with Crippen molar-refractivity contribution >= 4 is 29.1 Å². The van der Waals surface area contributed by atoms with Crippen LogP contribution in [0, 0.1) is 0 Å². The molecule has 1 atom stereocenters. The van der Waals surface area contributed by atoms with Crippen molar-refractivity contribution in [2.75, 3.05) is 4.90 Å². The average molecular weight is 467 g/mol. The van der Waals surface area contributed by atoms with Crippen LogP contribution in [-0.4, -0.2) is 33.2 Å². The van der Waals surface area contributed by atoms with Gasteiger partial charge in [0.15, 0.2) is 5.76 Å². The Morgan fingerprint density at radius 3 is 2.55 bits per heavy atom. The van der Waals surface area contributed by atoms with E-state index in [2.05, 4.69) is 10.4 Å². The quantitative estimate of drug-likeness (QED) is 0.545. The Bertz CT molecular complexity index is 1150. The highest BCUT2D eigenvalue weighted by Gasteiger charge is 2.49. The first kappa shape index (κ1) is 21.8. The third-order valence-corrected chi connectivity index (χ3v) is 6.94. The predicted octanol–water partition coefficient (Wildman–Crippen LogP) is 5.05. The monoisotopic (exact) mass is 466 g/mol. The number of halogens is 1. The molecule has 2 amide bonds. The van der Waals surface area contributed by atoms with Crippen LogP contribution < -0.4 is 10.2 Å². The van der Waals surface area contributed by atoms with E-state index in [9.17, 15) is 9.59 Å². The van der Waals surface area contributed by atoms with Gasteiger partial charge in [-0.2, -0.15) is 5.10 Å². The second kappa shape index (κ2) is 8.71. The van der Waals surface area contributed by atoms with Crippen molar-refractivity contribution in [1.82, 2.24) is 15.1 Å². The van der Waals surface area contributed by atoms with Crippen LogP contribution in [-0.2, 0) is 11.3 Å². The summed E-state index contributed by atoms with van der Waals surface area (Å²) in [5, 5.41) is 8.41. The summed E-state index contributed by atoms with van der Waals surface area (Å²) >= 11 is 6.10. The Balaban J connectivity index is 1.54. The molecule has 2 aromatic heterocycles. The molecule has 0 spiro atoms. The number of rotatable bonds is 4. The second-order valence-electron chi connectivity index (χ2n) is 9.10. The molecule has 1 aliphatic heterocycles. The summed E-state index contributed by atoms with van der Waals surface area (Å²) in [5.41, 5.74) is 0.440. The average Bonchev–Trinajstić information content (AvgIpc) is 3.40.